The lowest BCUT2D eigenvalue weighted by Gasteiger charge is -2.38. The number of aryl methyl sites for hydroxylation is 1. The first-order chi connectivity index (χ1) is 13.1. The van der Waals surface area contributed by atoms with Gasteiger partial charge in [-0.3, -0.25) is 0 Å². The van der Waals surface area contributed by atoms with Crippen LogP contribution in [0.2, 0.25) is 0 Å². The summed E-state index contributed by atoms with van der Waals surface area (Å²) in [6.45, 7) is 8.52. The molecule has 2 aliphatic rings. The lowest BCUT2D eigenvalue weighted by atomic mass is 9.92. The Morgan fingerprint density at radius 2 is 2.04 bits per heavy atom. The number of phenolic OH excluding ortho intramolecular Hbond substituents is 1. The van der Waals surface area contributed by atoms with E-state index in [2.05, 4.69) is 33.0 Å². The first-order valence-corrected chi connectivity index (χ1v) is 9.67. The van der Waals surface area contributed by atoms with Crippen molar-refractivity contribution in [1.82, 2.24) is 15.1 Å². The monoisotopic (exact) mass is 363 g/mol. The number of fused-ring (bicyclic) bond motifs is 1. The van der Waals surface area contributed by atoms with Gasteiger partial charge in [-0.15, -0.1) is 10.2 Å². The first kappa shape index (κ1) is 17.7. The van der Waals surface area contributed by atoms with E-state index < -0.39 is 0 Å². The second-order valence-corrected chi connectivity index (χ2v) is 7.57. The van der Waals surface area contributed by atoms with Gasteiger partial charge < -0.3 is 14.9 Å². The highest BCUT2D eigenvalue weighted by Crippen LogP contribution is 2.36. The largest absolute Gasteiger partial charge is 0.507 e. The van der Waals surface area contributed by atoms with Gasteiger partial charge in [0.25, 0.3) is 0 Å². The molecule has 0 unspecified atom stereocenters. The summed E-state index contributed by atoms with van der Waals surface area (Å²) >= 11 is 0. The number of anilines is 1. The Balaban J connectivity index is 1.59. The van der Waals surface area contributed by atoms with Gasteiger partial charge in [0.15, 0.2) is 5.82 Å². The lowest BCUT2D eigenvalue weighted by molar-refractivity contribution is 0.182. The highest BCUT2D eigenvalue weighted by atomic mass is 16.3. The van der Waals surface area contributed by atoms with Crippen molar-refractivity contribution in [3.8, 4) is 23.1 Å². The minimum absolute atomic E-state index is 0.0701. The van der Waals surface area contributed by atoms with Crippen LogP contribution in [-0.4, -0.2) is 52.4 Å². The summed E-state index contributed by atoms with van der Waals surface area (Å²) in [5.41, 5.74) is 2.54. The van der Waals surface area contributed by atoms with E-state index in [4.69, 9.17) is 5.26 Å². The third-order valence-electron chi connectivity index (χ3n) is 6.04. The Morgan fingerprint density at radius 1 is 1.22 bits per heavy atom. The standard InChI is InChI=1S/C21H25N5O/c1-3-25-8-6-16-7-9-26(18(16)13-25)20-5-4-17(23-24-20)21-14(2)10-15(12-22)11-19(21)27/h4-5,10-11,16,18,27H,3,6-9,13H2,1-2H3/t16-,18-/m1/s1. The molecular weight excluding hydrogens is 338 g/mol. The Kier molecular flexibility index (Phi) is 4.71. The zero-order valence-electron chi connectivity index (χ0n) is 15.9. The molecule has 4 rings (SSSR count). The first-order valence-electron chi connectivity index (χ1n) is 9.67. The van der Waals surface area contributed by atoms with Crippen molar-refractivity contribution >= 4 is 5.82 Å². The normalized spacial score (nSPS) is 22.5. The predicted octanol–water partition coefficient (Wildman–Crippen LogP) is 2.95. The van der Waals surface area contributed by atoms with Gasteiger partial charge in [0.05, 0.1) is 17.3 Å². The summed E-state index contributed by atoms with van der Waals surface area (Å²) in [6, 6.07) is 9.74. The molecule has 2 fully saturated rings. The quantitative estimate of drug-likeness (QED) is 0.903. The van der Waals surface area contributed by atoms with Crippen LogP contribution in [0, 0.1) is 24.2 Å². The maximum Gasteiger partial charge on any atom is 0.151 e. The summed E-state index contributed by atoms with van der Waals surface area (Å²) < 4.78 is 0. The minimum Gasteiger partial charge on any atom is -0.507 e. The number of hydrogen-bond donors (Lipinski definition) is 1. The van der Waals surface area contributed by atoms with E-state index in [9.17, 15) is 5.11 Å². The van der Waals surface area contributed by atoms with Crippen LogP contribution < -0.4 is 4.90 Å². The Hall–Kier alpha value is -2.65. The molecule has 6 nitrogen and oxygen atoms in total. The molecule has 2 aliphatic heterocycles. The van der Waals surface area contributed by atoms with E-state index in [-0.39, 0.29) is 5.75 Å². The number of benzene rings is 1. The van der Waals surface area contributed by atoms with Gasteiger partial charge in [-0.25, -0.2) is 0 Å². The molecule has 1 aromatic carbocycles. The van der Waals surface area contributed by atoms with Gasteiger partial charge in [-0.1, -0.05) is 6.92 Å². The molecule has 2 saturated heterocycles. The van der Waals surface area contributed by atoms with Crippen molar-refractivity contribution in [2.75, 3.05) is 31.1 Å². The molecule has 0 spiro atoms. The van der Waals surface area contributed by atoms with Gasteiger partial charge in [0.1, 0.15) is 5.75 Å². The molecule has 3 heterocycles. The highest BCUT2D eigenvalue weighted by Gasteiger charge is 2.38. The fourth-order valence-corrected chi connectivity index (χ4v) is 4.56. The van der Waals surface area contributed by atoms with Crippen molar-refractivity contribution in [3.63, 3.8) is 0 Å². The maximum absolute atomic E-state index is 10.3. The maximum atomic E-state index is 10.3. The van der Waals surface area contributed by atoms with Crippen LogP contribution in [-0.2, 0) is 0 Å². The summed E-state index contributed by atoms with van der Waals surface area (Å²) in [4.78, 5) is 4.91. The Labute approximate surface area is 160 Å². The van der Waals surface area contributed by atoms with Crippen LogP contribution in [0.5, 0.6) is 5.75 Å². The minimum atomic E-state index is 0.0701. The molecular formula is C21H25N5O. The number of likely N-dealkylation sites (N-methyl/N-ethyl adjacent to an activating group) is 1. The highest BCUT2D eigenvalue weighted by molar-refractivity contribution is 5.72. The predicted molar refractivity (Wildman–Crippen MR) is 105 cm³/mol. The number of hydrogen-bond acceptors (Lipinski definition) is 6. The van der Waals surface area contributed by atoms with E-state index >= 15 is 0 Å². The number of aromatic hydroxyl groups is 1. The number of aromatic nitrogens is 2. The Morgan fingerprint density at radius 3 is 2.70 bits per heavy atom. The fourth-order valence-electron chi connectivity index (χ4n) is 4.56. The lowest BCUT2D eigenvalue weighted by Crippen LogP contribution is -2.48. The number of nitriles is 1. The topological polar surface area (TPSA) is 76.3 Å². The number of piperidine rings is 1. The molecule has 0 radical (unpaired) electrons. The molecule has 1 aromatic heterocycles. The molecule has 0 aliphatic carbocycles. The number of likely N-dealkylation sites (tertiary alicyclic amines) is 1. The zero-order chi connectivity index (χ0) is 19.0. The summed E-state index contributed by atoms with van der Waals surface area (Å²) in [5, 5.41) is 28.2. The molecule has 140 valence electrons. The molecule has 0 bridgehead atoms. The van der Waals surface area contributed by atoms with Crippen LogP contribution >= 0.6 is 0 Å². The summed E-state index contributed by atoms with van der Waals surface area (Å²) in [7, 11) is 0. The average molecular weight is 363 g/mol. The zero-order valence-corrected chi connectivity index (χ0v) is 15.9. The number of phenols is 1. The van der Waals surface area contributed by atoms with E-state index in [1.54, 1.807) is 6.07 Å². The van der Waals surface area contributed by atoms with Crippen molar-refractivity contribution in [1.29, 1.82) is 5.26 Å². The van der Waals surface area contributed by atoms with Crippen LogP contribution in [0.15, 0.2) is 24.3 Å². The van der Waals surface area contributed by atoms with E-state index in [1.807, 2.05) is 19.1 Å². The summed E-state index contributed by atoms with van der Waals surface area (Å²) in [6.07, 6.45) is 2.49. The molecule has 27 heavy (non-hydrogen) atoms. The van der Waals surface area contributed by atoms with E-state index in [0.717, 1.165) is 36.9 Å². The molecule has 1 N–H and O–H groups in total. The molecule has 6 heteroatoms. The van der Waals surface area contributed by atoms with Gasteiger partial charge in [0.2, 0.25) is 0 Å². The van der Waals surface area contributed by atoms with Crippen molar-refractivity contribution in [3.05, 3.63) is 35.4 Å². The van der Waals surface area contributed by atoms with Gasteiger partial charge in [-0.05, 0) is 68.6 Å². The van der Waals surface area contributed by atoms with Crippen LogP contribution in [0.25, 0.3) is 11.3 Å². The van der Waals surface area contributed by atoms with Crippen LogP contribution in [0.3, 0.4) is 0 Å². The smallest absolute Gasteiger partial charge is 0.151 e. The van der Waals surface area contributed by atoms with Crippen molar-refractivity contribution < 1.29 is 5.11 Å². The van der Waals surface area contributed by atoms with E-state index in [1.165, 1.54) is 25.5 Å². The second-order valence-electron chi connectivity index (χ2n) is 7.57. The van der Waals surface area contributed by atoms with Crippen LogP contribution in [0.4, 0.5) is 5.82 Å². The SMILES string of the molecule is CCN1CC[C@@H]2CCN(c3ccc(-c4c(C)cc(C#N)cc4O)nn3)[C@@H]2C1. The number of nitrogens with zero attached hydrogens (tertiary/aromatic N) is 5. The van der Waals surface area contributed by atoms with Gasteiger partial charge in [0, 0.05) is 24.7 Å². The number of rotatable bonds is 3. The molecule has 2 atom stereocenters. The third kappa shape index (κ3) is 3.24. The van der Waals surface area contributed by atoms with Crippen molar-refractivity contribution in [2.45, 2.75) is 32.7 Å². The molecule has 0 saturated carbocycles. The van der Waals surface area contributed by atoms with Crippen LogP contribution in [0.1, 0.15) is 30.9 Å². The van der Waals surface area contributed by atoms with Gasteiger partial charge >= 0.3 is 0 Å². The fraction of sp³-hybridized carbons (Fsp3) is 0.476. The van der Waals surface area contributed by atoms with Gasteiger partial charge in [-0.2, -0.15) is 5.26 Å². The molecule has 2 aromatic rings. The average Bonchev–Trinajstić information content (AvgIpc) is 3.11. The molecule has 0 amide bonds. The third-order valence-corrected chi connectivity index (χ3v) is 6.04. The van der Waals surface area contributed by atoms with Crippen molar-refractivity contribution in [2.24, 2.45) is 5.92 Å². The van der Waals surface area contributed by atoms with E-state index in [0.29, 0.717) is 22.9 Å². The Bertz CT molecular complexity index is 850. The second kappa shape index (κ2) is 7.16. The summed E-state index contributed by atoms with van der Waals surface area (Å²) in [5.74, 6) is 1.73.